The second-order valence-corrected chi connectivity index (χ2v) is 9.80. The summed E-state index contributed by atoms with van der Waals surface area (Å²) in [5.74, 6) is 1.81. The fourth-order valence-electron chi connectivity index (χ4n) is 3.51. The molecule has 1 atom stereocenters. The maximum atomic E-state index is 6.14. The highest BCUT2D eigenvalue weighted by Crippen LogP contribution is 2.43. The molecule has 0 spiro atoms. The van der Waals surface area contributed by atoms with E-state index in [1.165, 1.54) is 16.0 Å². The lowest BCUT2D eigenvalue weighted by Crippen LogP contribution is -2.20. The monoisotopic (exact) mass is 398 g/mol. The average molecular weight is 399 g/mol. The molecule has 6 heteroatoms. The number of aliphatic imine (C=N–C) groups is 1. The zero-order chi connectivity index (χ0) is 19.5. The summed E-state index contributed by atoms with van der Waals surface area (Å²) in [4.78, 5) is 6.56. The van der Waals surface area contributed by atoms with Crippen molar-refractivity contribution in [1.82, 2.24) is 14.8 Å². The molecule has 1 unspecified atom stereocenters. The van der Waals surface area contributed by atoms with Crippen LogP contribution in [0.25, 0.3) is 5.00 Å². The lowest BCUT2D eigenvalue weighted by molar-refractivity contribution is 0.315. The molecule has 0 saturated carbocycles. The van der Waals surface area contributed by atoms with Gasteiger partial charge in [0.1, 0.15) is 16.9 Å². The third-order valence-corrected chi connectivity index (χ3v) is 6.54. The summed E-state index contributed by atoms with van der Waals surface area (Å²) >= 11 is 7.92. The number of aromatic nitrogens is 3. The smallest absolute Gasteiger partial charge is 0.163 e. The zero-order valence-corrected chi connectivity index (χ0v) is 18.0. The highest BCUT2D eigenvalue weighted by molar-refractivity contribution is 7.15. The highest BCUT2D eigenvalue weighted by atomic mass is 35.5. The SMILES string of the molecule is Cc1sc2c(c1C)C(c1ccc(Cl)cc1)=NC(C(C)(C)C)c1nnc(C)n1-2. The molecule has 0 bridgehead atoms. The summed E-state index contributed by atoms with van der Waals surface area (Å²) < 4.78 is 2.20. The predicted octanol–water partition coefficient (Wildman–Crippen LogP) is 5.85. The number of fused-ring (bicyclic) bond motifs is 3. The van der Waals surface area contributed by atoms with Crippen LogP contribution in [0.15, 0.2) is 29.3 Å². The Kier molecular flexibility index (Phi) is 4.28. The number of aryl methyl sites for hydroxylation is 2. The van der Waals surface area contributed by atoms with Crippen LogP contribution in [0.1, 0.15) is 60.0 Å². The molecule has 2 aromatic heterocycles. The lowest BCUT2D eigenvalue weighted by atomic mass is 9.86. The fraction of sp³-hybridized carbons (Fsp3) is 0.381. The van der Waals surface area contributed by atoms with E-state index < -0.39 is 0 Å². The van der Waals surface area contributed by atoms with Crippen molar-refractivity contribution in [2.75, 3.05) is 0 Å². The molecule has 0 saturated heterocycles. The number of thiophene rings is 1. The summed E-state index contributed by atoms with van der Waals surface area (Å²) in [6, 6.07) is 7.86. The number of rotatable bonds is 1. The van der Waals surface area contributed by atoms with Crippen molar-refractivity contribution >= 4 is 28.6 Å². The van der Waals surface area contributed by atoms with E-state index in [1.807, 2.05) is 19.1 Å². The molecule has 27 heavy (non-hydrogen) atoms. The molecule has 1 aromatic carbocycles. The van der Waals surface area contributed by atoms with E-state index in [2.05, 4.69) is 61.5 Å². The molecule has 0 N–H and O–H groups in total. The first-order valence-corrected chi connectivity index (χ1v) is 10.2. The number of halogens is 1. The van der Waals surface area contributed by atoms with Gasteiger partial charge in [-0.05, 0) is 43.9 Å². The second-order valence-electron chi connectivity index (χ2n) is 8.16. The molecule has 0 aliphatic carbocycles. The molecule has 4 nitrogen and oxygen atoms in total. The minimum atomic E-state index is -0.0938. The van der Waals surface area contributed by atoms with Gasteiger partial charge in [-0.1, -0.05) is 44.5 Å². The van der Waals surface area contributed by atoms with Gasteiger partial charge >= 0.3 is 0 Å². The largest absolute Gasteiger partial charge is 0.272 e. The molecular formula is C21H23ClN4S. The number of hydrogen-bond acceptors (Lipinski definition) is 4. The van der Waals surface area contributed by atoms with Crippen molar-refractivity contribution in [2.24, 2.45) is 10.4 Å². The quantitative estimate of drug-likeness (QED) is 0.516. The van der Waals surface area contributed by atoms with Gasteiger partial charge in [0.25, 0.3) is 0 Å². The average Bonchev–Trinajstić information content (AvgIpc) is 3.04. The molecule has 3 aromatic rings. The van der Waals surface area contributed by atoms with Gasteiger partial charge in [0, 0.05) is 21.0 Å². The summed E-state index contributed by atoms with van der Waals surface area (Å²) in [5, 5.41) is 10.8. The Balaban J connectivity index is 2.09. The zero-order valence-electron chi connectivity index (χ0n) is 16.5. The Labute approximate surface area is 168 Å². The first kappa shape index (κ1) is 18.4. The van der Waals surface area contributed by atoms with Gasteiger partial charge in [-0.2, -0.15) is 0 Å². The van der Waals surface area contributed by atoms with Crippen molar-refractivity contribution in [1.29, 1.82) is 0 Å². The third kappa shape index (κ3) is 2.93. The molecule has 0 fully saturated rings. The standard InChI is InChI=1S/C21H23ClN4S/c1-11-12(2)27-20-16(11)17(14-7-9-15(22)10-8-14)23-18(21(4,5)6)19-25-24-13(3)26(19)20/h7-10,18H,1-6H3. The highest BCUT2D eigenvalue weighted by Gasteiger charge is 2.36. The van der Waals surface area contributed by atoms with Gasteiger partial charge < -0.3 is 0 Å². The van der Waals surface area contributed by atoms with Crippen LogP contribution in [-0.2, 0) is 0 Å². The summed E-state index contributed by atoms with van der Waals surface area (Å²) in [5.41, 5.74) is 4.43. The molecule has 1 aliphatic rings. The van der Waals surface area contributed by atoms with Crippen LogP contribution in [0.4, 0.5) is 0 Å². The summed E-state index contributed by atoms with van der Waals surface area (Å²) in [6.07, 6.45) is 0. The van der Waals surface area contributed by atoms with E-state index in [0.717, 1.165) is 32.9 Å². The normalized spacial score (nSPS) is 16.6. The van der Waals surface area contributed by atoms with Gasteiger partial charge in [0.05, 0.1) is 5.71 Å². The second kappa shape index (κ2) is 6.28. The molecular weight excluding hydrogens is 376 g/mol. The van der Waals surface area contributed by atoms with Gasteiger partial charge in [0.15, 0.2) is 5.82 Å². The molecule has 3 heterocycles. The first-order valence-electron chi connectivity index (χ1n) is 9.05. The van der Waals surface area contributed by atoms with E-state index in [4.69, 9.17) is 16.6 Å². The van der Waals surface area contributed by atoms with Crippen LogP contribution in [0, 0.1) is 26.2 Å². The minimum Gasteiger partial charge on any atom is -0.272 e. The summed E-state index contributed by atoms with van der Waals surface area (Å²) in [7, 11) is 0. The van der Waals surface area contributed by atoms with E-state index in [1.54, 1.807) is 11.3 Å². The van der Waals surface area contributed by atoms with Crippen molar-refractivity contribution < 1.29 is 0 Å². The van der Waals surface area contributed by atoms with Crippen LogP contribution in [0.5, 0.6) is 0 Å². The Morgan fingerprint density at radius 1 is 1.04 bits per heavy atom. The lowest BCUT2D eigenvalue weighted by Gasteiger charge is -2.26. The Morgan fingerprint density at radius 2 is 1.70 bits per heavy atom. The van der Waals surface area contributed by atoms with Crippen molar-refractivity contribution in [3.05, 3.63) is 62.5 Å². The van der Waals surface area contributed by atoms with E-state index >= 15 is 0 Å². The first-order chi connectivity index (χ1) is 12.7. The number of benzene rings is 1. The topological polar surface area (TPSA) is 43.1 Å². The number of hydrogen-bond donors (Lipinski definition) is 0. The Morgan fingerprint density at radius 3 is 2.33 bits per heavy atom. The van der Waals surface area contributed by atoms with Crippen LogP contribution in [0.3, 0.4) is 0 Å². The molecule has 1 aliphatic heterocycles. The summed E-state index contributed by atoms with van der Waals surface area (Å²) in [6.45, 7) is 12.9. The Bertz CT molecular complexity index is 1050. The van der Waals surface area contributed by atoms with Crippen molar-refractivity contribution in [3.8, 4) is 5.00 Å². The van der Waals surface area contributed by atoms with E-state index in [0.29, 0.717) is 0 Å². The maximum Gasteiger partial charge on any atom is 0.163 e. The van der Waals surface area contributed by atoms with E-state index in [9.17, 15) is 0 Å². The molecule has 140 valence electrons. The minimum absolute atomic E-state index is 0.0913. The van der Waals surface area contributed by atoms with Crippen molar-refractivity contribution in [2.45, 2.75) is 47.6 Å². The predicted molar refractivity (Wildman–Crippen MR) is 113 cm³/mol. The Hall–Kier alpha value is -1.98. The van der Waals surface area contributed by atoms with Gasteiger partial charge in [-0.25, -0.2) is 0 Å². The van der Waals surface area contributed by atoms with Crippen LogP contribution in [0.2, 0.25) is 5.02 Å². The van der Waals surface area contributed by atoms with Crippen LogP contribution >= 0.6 is 22.9 Å². The fourth-order valence-corrected chi connectivity index (χ4v) is 4.85. The van der Waals surface area contributed by atoms with Gasteiger partial charge in [0.2, 0.25) is 0 Å². The number of nitrogens with zero attached hydrogens (tertiary/aromatic N) is 4. The van der Waals surface area contributed by atoms with Gasteiger partial charge in [-0.3, -0.25) is 9.56 Å². The van der Waals surface area contributed by atoms with Crippen LogP contribution < -0.4 is 0 Å². The molecule has 4 rings (SSSR count). The van der Waals surface area contributed by atoms with E-state index in [-0.39, 0.29) is 11.5 Å². The van der Waals surface area contributed by atoms with Crippen LogP contribution in [-0.4, -0.2) is 20.5 Å². The van der Waals surface area contributed by atoms with Crippen molar-refractivity contribution in [3.63, 3.8) is 0 Å². The van der Waals surface area contributed by atoms with Gasteiger partial charge in [-0.15, -0.1) is 21.5 Å². The maximum absolute atomic E-state index is 6.14. The third-order valence-electron chi connectivity index (χ3n) is 5.10. The molecule has 0 radical (unpaired) electrons. The molecule has 0 amide bonds.